The second-order valence-electron chi connectivity index (χ2n) is 3.36. The zero-order chi connectivity index (χ0) is 13.0. The van der Waals surface area contributed by atoms with Gasteiger partial charge in [0.05, 0.1) is 19.5 Å². The van der Waals surface area contributed by atoms with Crippen molar-refractivity contribution in [3.05, 3.63) is 24.2 Å². The molecule has 0 spiro atoms. The molecule has 0 saturated carbocycles. The fourth-order valence-electron chi connectivity index (χ4n) is 1.34. The average molecular weight is 252 g/mol. The fraction of sp³-hybridized carbons (Fsp3) is 0.300. The molecule has 0 aromatic carbocycles. The van der Waals surface area contributed by atoms with Crippen molar-refractivity contribution in [1.82, 2.24) is 14.8 Å². The molecule has 0 fully saturated rings. The van der Waals surface area contributed by atoms with Crippen LogP contribution in [-0.2, 0) is 11.5 Å². The third-order valence-corrected chi connectivity index (χ3v) is 2.08. The van der Waals surface area contributed by atoms with Crippen molar-refractivity contribution in [3.8, 4) is 11.6 Å². The van der Waals surface area contributed by atoms with Gasteiger partial charge in [0.1, 0.15) is 6.73 Å². The molecule has 96 valence electrons. The first kappa shape index (κ1) is 12.3. The van der Waals surface area contributed by atoms with Crippen LogP contribution in [0.2, 0.25) is 0 Å². The fourth-order valence-corrected chi connectivity index (χ4v) is 1.34. The molecule has 8 nitrogen and oxygen atoms in total. The van der Waals surface area contributed by atoms with Crippen molar-refractivity contribution in [1.29, 1.82) is 0 Å². The Kier molecular flexibility index (Phi) is 3.70. The maximum Gasteiger partial charge on any atom is 0.288 e. The first-order valence-electron chi connectivity index (χ1n) is 5.19. The Labute approximate surface area is 102 Å². The van der Waals surface area contributed by atoms with Gasteiger partial charge in [0.2, 0.25) is 5.82 Å². The monoisotopic (exact) mass is 252 g/mol. The molecule has 0 aliphatic rings. The number of hydrogen-bond acceptors (Lipinski definition) is 6. The number of aliphatic hydroxyl groups excluding tert-OH is 1. The molecule has 1 amide bonds. The van der Waals surface area contributed by atoms with Crippen LogP contribution < -0.4 is 5.73 Å². The maximum absolute atomic E-state index is 11.0. The van der Waals surface area contributed by atoms with E-state index in [0.717, 1.165) is 0 Å². The number of nitrogens with two attached hydrogens (primary N) is 1. The molecule has 2 rings (SSSR count). The van der Waals surface area contributed by atoms with E-state index in [9.17, 15) is 4.79 Å². The van der Waals surface area contributed by atoms with E-state index in [2.05, 4.69) is 10.1 Å². The highest BCUT2D eigenvalue weighted by Gasteiger charge is 2.17. The van der Waals surface area contributed by atoms with Gasteiger partial charge in [0.25, 0.3) is 5.91 Å². The number of rotatable bonds is 6. The quantitative estimate of drug-likeness (QED) is 0.676. The second kappa shape index (κ2) is 5.43. The standard InChI is InChI=1S/C10H12N4O4/c11-8(16)9-12-10(7-2-1-4-18-7)14(13-9)6-17-5-3-15/h1-2,4,15H,3,5-6H2,(H2,11,16). The number of nitrogens with zero attached hydrogens (tertiary/aromatic N) is 3. The van der Waals surface area contributed by atoms with E-state index in [1.807, 2.05) is 0 Å². The largest absolute Gasteiger partial charge is 0.461 e. The van der Waals surface area contributed by atoms with Crippen molar-refractivity contribution < 1.29 is 19.1 Å². The van der Waals surface area contributed by atoms with Crippen LogP contribution in [0.25, 0.3) is 11.6 Å². The Balaban J connectivity index is 2.27. The molecule has 0 unspecified atom stereocenters. The number of furan rings is 1. The summed E-state index contributed by atoms with van der Waals surface area (Å²) in [5, 5.41) is 12.5. The van der Waals surface area contributed by atoms with Crippen molar-refractivity contribution in [2.24, 2.45) is 5.73 Å². The van der Waals surface area contributed by atoms with Crippen LogP contribution in [0.4, 0.5) is 0 Å². The molecule has 0 aliphatic heterocycles. The van der Waals surface area contributed by atoms with Gasteiger partial charge >= 0.3 is 0 Å². The molecule has 0 atom stereocenters. The summed E-state index contributed by atoms with van der Waals surface area (Å²) in [5.41, 5.74) is 5.12. The number of hydrogen-bond donors (Lipinski definition) is 2. The second-order valence-corrected chi connectivity index (χ2v) is 3.36. The van der Waals surface area contributed by atoms with Gasteiger partial charge in [-0.25, -0.2) is 4.68 Å². The zero-order valence-electron chi connectivity index (χ0n) is 9.44. The Bertz CT molecular complexity index is 520. The van der Waals surface area contributed by atoms with E-state index in [4.69, 9.17) is 20.0 Å². The van der Waals surface area contributed by atoms with Crippen LogP contribution in [0.15, 0.2) is 22.8 Å². The number of primary amides is 1. The average Bonchev–Trinajstić information content (AvgIpc) is 2.97. The topological polar surface area (TPSA) is 116 Å². The summed E-state index contributed by atoms with van der Waals surface area (Å²) in [6.45, 7) is 0.0910. The van der Waals surface area contributed by atoms with Crippen LogP contribution in [-0.4, -0.2) is 39.0 Å². The summed E-state index contributed by atoms with van der Waals surface area (Å²) in [5.74, 6) is -0.0629. The third-order valence-electron chi connectivity index (χ3n) is 2.08. The van der Waals surface area contributed by atoms with Crippen LogP contribution in [0.5, 0.6) is 0 Å². The summed E-state index contributed by atoms with van der Waals surface area (Å²) >= 11 is 0. The SMILES string of the molecule is NC(=O)c1nc(-c2ccco2)n(COCCO)n1. The van der Waals surface area contributed by atoms with E-state index in [-0.39, 0.29) is 25.8 Å². The van der Waals surface area contributed by atoms with Gasteiger partial charge in [0.15, 0.2) is 11.6 Å². The number of carbonyl (C=O) groups excluding carboxylic acids is 1. The van der Waals surface area contributed by atoms with Crippen LogP contribution in [0.1, 0.15) is 10.6 Å². The van der Waals surface area contributed by atoms with E-state index in [1.165, 1.54) is 10.9 Å². The Hall–Kier alpha value is -2.19. The number of carbonyl (C=O) groups is 1. The van der Waals surface area contributed by atoms with Gasteiger partial charge in [-0.15, -0.1) is 5.10 Å². The molecule has 0 radical (unpaired) electrons. The Morgan fingerprint density at radius 3 is 3.06 bits per heavy atom. The number of ether oxygens (including phenoxy) is 1. The molecule has 2 aromatic rings. The van der Waals surface area contributed by atoms with Gasteiger partial charge < -0.3 is 20.0 Å². The van der Waals surface area contributed by atoms with Gasteiger partial charge in [-0.2, -0.15) is 4.98 Å². The zero-order valence-corrected chi connectivity index (χ0v) is 9.44. The summed E-state index contributed by atoms with van der Waals surface area (Å²) in [4.78, 5) is 15.0. The summed E-state index contributed by atoms with van der Waals surface area (Å²) in [6, 6.07) is 3.37. The van der Waals surface area contributed by atoms with Gasteiger partial charge in [-0.05, 0) is 12.1 Å². The highest BCUT2D eigenvalue weighted by Crippen LogP contribution is 2.17. The first-order chi connectivity index (χ1) is 8.72. The van der Waals surface area contributed by atoms with E-state index < -0.39 is 5.91 Å². The molecule has 8 heteroatoms. The Morgan fingerprint density at radius 2 is 2.44 bits per heavy atom. The highest BCUT2D eigenvalue weighted by atomic mass is 16.5. The molecule has 0 bridgehead atoms. The smallest absolute Gasteiger partial charge is 0.288 e. The predicted molar refractivity (Wildman–Crippen MR) is 59.3 cm³/mol. The lowest BCUT2D eigenvalue weighted by Crippen LogP contribution is -2.14. The lowest BCUT2D eigenvalue weighted by molar-refractivity contribution is 0.0423. The normalized spacial score (nSPS) is 10.7. The minimum absolute atomic E-state index is 0.0386. The molecule has 2 aromatic heterocycles. The molecule has 2 heterocycles. The molecule has 3 N–H and O–H groups in total. The Morgan fingerprint density at radius 1 is 1.61 bits per heavy atom. The third kappa shape index (κ3) is 2.55. The van der Waals surface area contributed by atoms with Crippen LogP contribution in [0.3, 0.4) is 0 Å². The number of aromatic nitrogens is 3. The summed E-state index contributed by atoms with van der Waals surface area (Å²) in [7, 11) is 0. The van der Waals surface area contributed by atoms with Crippen LogP contribution >= 0.6 is 0 Å². The van der Waals surface area contributed by atoms with E-state index in [1.54, 1.807) is 12.1 Å². The van der Waals surface area contributed by atoms with Crippen molar-refractivity contribution in [2.45, 2.75) is 6.73 Å². The van der Waals surface area contributed by atoms with E-state index >= 15 is 0 Å². The maximum atomic E-state index is 11.0. The van der Waals surface area contributed by atoms with Crippen molar-refractivity contribution in [3.63, 3.8) is 0 Å². The molecule has 0 aliphatic carbocycles. The summed E-state index contributed by atoms with van der Waals surface area (Å²) in [6.07, 6.45) is 1.48. The van der Waals surface area contributed by atoms with Crippen molar-refractivity contribution in [2.75, 3.05) is 13.2 Å². The number of amides is 1. The lowest BCUT2D eigenvalue weighted by atomic mass is 10.4. The van der Waals surface area contributed by atoms with Gasteiger partial charge in [-0.1, -0.05) is 0 Å². The van der Waals surface area contributed by atoms with Gasteiger partial charge in [-0.3, -0.25) is 4.79 Å². The summed E-state index contributed by atoms with van der Waals surface area (Å²) < 4.78 is 11.6. The van der Waals surface area contributed by atoms with Gasteiger partial charge in [0, 0.05) is 0 Å². The minimum atomic E-state index is -0.733. The van der Waals surface area contributed by atoms with E-state index in [0.29, 0.717) is 11.6 Å². The molecule has 18 heavy (non-hydrogen) atoms. The molecular weight excluding hydrogens is 240 g/mol. The predicted octanol–water partition coefficient (Wildman–Crippen LogP) is -0.397. The highest BCUT2D eigenvalue weighted by molar-refractivity contribution is 5.89. The molecular formula is C10H12N4O4. The minimum Gasteiger partial charge on any atom is -0.461 e. The van der Waals surface area contributed by atoms with Crippen LogP contribution in [0, 0.1) is 0 Å². The molecule has 0 saturated heterocycles. The number of aliphatic hydroxyl groups is 1. The first-order valence-corrected chi connectivity index (χ1v) is 5.19. The lowest BCUT2D eigenvalue weighted by Gasteiger charge is -2.03. The van der Waals surface area contributed by atoms with Crippen molar-refractivity contribution >= 4 is 5.91 Å².